The van der Waals surface area contributed by atoms with E-state index < -0.39 is 11.7 Å². The molecule has 1 amide bonds. The van der Waals surface area contributed by atoms with Crippen LogP contribution in [-0.4, -0.2) is 18.0 Å². The lowest BCUT2D eigenvalue weighted by molar-refractivity contribution is 0.102. The number of nitrogens with one attached hydrogen (secondary N) is 1. The van der Waals surface area contributed by atoms with Crippen LogP contribution in [0.2, 0.25) is 5.15 Å². The van der Waals surface area contributed by atoms with Crippen molar-refractivity contribution in [3.8, 4) is 5.75 Å². The van der Waals surface area contributed by atoms with Crippen LogP contribution in [0.4, 0.5) is 10.1 Å². The number of hydrogen-bond acceptors (Lipinski definition) is 3. The molecule has 0 aliphatic carbocycles. The summed E-state index contributed by atoms with van der Waals surface area (Å²) in [6.07, 6.45) is 0.949. The first kappa shape index (κ1) is 13.3. The summed E-state index contributed by atoms with van der Waals surface area (Å²) < 4.78 is 18.1. The number of benzene rings is 1. The van der Waals surface area contributed by atoms with Crippen molar-refractivity contribution < 1.29 is 13.9 Å². The van der Waals surface area contributed by atoms with Gasteiger partial charge >= 0.3 is 0 Å². The maximum atomic E-state index is 13.0. The van der Waals surface area contributed by atoms with Crippen molar-refractivity contribution in [3.63, 3.8) is 0 Å². The second-order valence-electron chi connectivity index (χ2n) is 3.68. The fourth-order valence-corrected chi connectivity index (χ4v) is 1.67. The van der Waals surface area contributed by atoms with E-state index in [4.69, 9.17) is 16.3 Å². The number of anilines is 1. The van der Waals surface area contributed by atoms with Crippen LogP contribution in [0.1, 0.15) is 10.4 Å². The number of aromatic nitrogens is 1. The number of carbonyl (C=O) groups is 1. The van der Waals surface area contributed by atoms with Crippen LogP contribution in [0.5, 0.6) is 5.75 Å². The first-order chi connectivity index (χ1) is 9.10. The highest BCUT2D eigenvalue weighted by atomic mass is 35.5. The first-order valence-corrected chi connectivity index (χ1v) is 5.74. The molecule has 0 fully saturated rings. The second kappa shape index (κ2) is 5.67. The molecule has 0 saturated carbocycles. The fourth-order valence-electron chi connectivity index (χ4n) is 1.48. The van der Waals surface area contributed by atoms with Crippen LogP contribution >= 0.6 is 11.6 Å². The monoisotopic (exact) mass is 280 g/mol. The van der Waals surface area contributed by atoms with Crippen LogP contribution < -0.4 is 10.1 Å². The summed E-state index contributed by atoms with van der Waals surface area (Å²) in [5.41, 5.74) is 0.495. The van der Waals surface area contributed by atoms with Gasteiger partial charge < -0.3 is 10.1 Å². The van der Waals surface area contributed by atoms with Crippen molar-refractivity contribution in [1.29, 1.82) is 0 Å². The predicted molar refractivity (Wildman–Crippen MR) is 70.2 cm³/mol. The van der Waals surface area contributed by atoms with Gasteiger partial charge in [0.25, 0.3) is 5.91 Å². The number of methoxy groups -OCH3 is 1. The largest absolute Gasteiger partial charge is 0.497 e. The van der Waals surface area contributed by atoms with Crippen molar-refractivity contribution in [2.75, 3.05) is 12.4 Å². The van der Waals surface area contributed by atoms with E-state index in [2.05, 4.69) is 10.3 Å². The first-order valence-electron chi connectivity index (χ1n) is 5.36. The number of amides is 1. The molecule has 0 radical (unpaired) electrons. The number of hydrogen-bond donors (Lipinski definition) is 1. The molecule has 0 bridgehead atoms. The van der Waals surface area contributed by atoms with E-state index in [9.17, 15) is 9.18 Å². The summed E-state index contributed by atoms with van der Waals surface area (Å²) in [7, 11) is 1.52. The van der Waals surface area contributed by atoms with Gasteiger partial charge in [0.15, 0.2) is 0 Å². The number of ether oxygens (including phenoxy) is 1. The van der Waals surface area contributed by atoms with Crippen molar-refractivity contribution in [1.82, 2.24) is 4.98 Å². The summed E-state index contributed by atoms with van der Waals surface area (Å²) in [5.74, 6) is -0.563. The van der Waals surface area contributed by atoms with E-state index in [1.807, 2.05) is 0 Å². The van der Waals surface area contributed by atoms with Gasteiger partial charge in [0.1, 0.15) is 16.7 Å². The molecular formula is C13H10ClFN2O2. The molecule has 0 aliphatic heterocycles. The van der Waals surface area contributed by atoms with Gasteiger partial charge in [-0.15, -0.1) is 0 Å². The van der Waals surface area contributed by atoms with E-state index >= 15 is 0 Å². The van der Waals surface area contributed by atoms with Gasteiger partial charge in [-0.2, -0.15) is 0 Å². The molecule has 1 aromatic carbocycles. The van der Waals surface area contributed by atoms with Crippen molar-refractivity contribution in [2.45, 2.75) is 0 Å². The lowest BCUT2D eigenvalue weighted by Crippen LogP contribution is -2.13. The highest BCUT2D eigenvalue weighted by Crippen LogP contribution is 2.19. The summed E-state index contributed by atoms with van der Waals surface area (Å²) in [6, 6.07) is 7.82. The molecule has 19 heavy (non-hydrogen) atoms. The average molecular weight is 281 g/mol. The highest BCUT2D eigenvalue weighted by Gasteiger charge is 2.13. The smallest absolute Gasteiger partial charge is 0.258 e. The van der Waals surface area contributed by atoms with E-state index in [1.165, 1.54) is 7.11 Å². The summed E-state index contributed by atoms with van der Waals surface area (Å²) in [6.45, 7) is 0. The molecule has 0 unspecified atom stereocenters. The summed E-state index contributed by atoms with van der Waals surface area (Å²) >= 11 is 5.75. The van der Waals surface area contributed by atoms with Crippen LogP contribution in [0.3, 0.4) is 0 Å². The van der Waals surface area contributed by atoms with Crippen molar-refractivity contribution in [2.24, 2.45) is 0 Å². The molecule has 0 atom stereocenters. The molecule has 1 aromatic heterocycles. The molecule has 0 spiro atoms. The quantitative estimate of drug-likeness (QED) is 0.879. The molecule has 4 nitrogen and oxygen atoms in total. The minimum Gasteiger partial charge on any atom is -0.497 e. The molecule has 0 aliphatic rings. The van der Waals surface area contributed by atoms with Crippen LogP contribution in [0, 0.1) is 5.82 Å². The molecule has 6 heteroatoms. The van der Waals surface area contributed by atoms with Gasteiger partial charge in [-0.05, 0) is 18.2 Å². The number of pyridine rings is 1. The lowest BCUT2D eigenvalue weighted by atomic mass is 10.2. The van der Waals surface area contributed by atoms with E-state index in [0.29, 0.717) is 11.4 Å². The van der Waals surface area contributed by atoms with E-state index in [-0.39, 0.29) is 10.7 Å². The molecular weight excluding hydrogens is 271 g/mol. The van der Waals surface area contributed by atoms with Crippen LogP contribution in [0.15, 0.2) is 36.5 Å². The Balaban J connectivity index is 2.23. The highest BCUT2D eigenvalue weighted by molar-refractivity contribution is 6.33. The maximum absolute atomic E-state index is 13.0. The molecule has 2 rings (SSSR count). The Labute approximate surface area is 114 Å². The normalized spacial score (nSPS) is 10.1. The number of nitrogens with zero attached hydrogens (tertiary/aromatic N) is 1. The van der Waals surface area contributed by atoms with Gasteiger partial charge in [-0.1, -0.05) is 17.7 Å². The second-order valence-corrected chi connectivity index (χ2v) is 4.04. The standard InChI is InChI=1S/C13H10ClFN2O2/c1-19-10-4-2-3-9(6-10)17-13(18)11-5-8(15)7-16-12(11)14/h2-7H,1H3,(H,17,18). The Bertz CT molecular complexity index is 619. The maximum Gasteiger partial charge on any atom is 0.258 e. The number of rotatable bonds is 3. The minimum absolute atomic E-state index is 0.0236. The zero-order chi connectivity index (χ0) is 13.8. The zero-order valence-electron chi connectivity index (χ0n) is 9.98. The Kier molecular flexibility index (Phi) is 3.97. The zero-order valence-corrected chi connectivity index (χ0v) is 10.7. The SMILES string of the molecule is COc1cccc(NC(=O)c2cc(F)cnc2Cl)c1. The molecule has 2 aromatic rings. The van der Waals surface area contributed by atoms with E-state index in [1.54, 1.807) is 24.3 Å². The van der Waals surface area contributed by atoms with Crippen LogP contribution in [-0.2, 0) is 0 Å². The molecule has 0 saturated heterocycles. The van der Waals surface area contributed by atoms with Crippen molar-refractivity contribution in [3.05, 3.63) is 53.1 Å². The average Bonchev–Trinajstić information content (AvgIpc) is 2.41. The van der Waals surface area contributed by atoms with Gasteiger partial charge in [0, 0.05) is 11.8 Å². The molecule has 98 valence electrons. The third kappa shape index (κ3) is 3.20. The van der Waals surface area contributed by atoms with Gasteiger partial charge in [-0.3, -0.25) is 4.79 Å². The third-order valence-electron chi connectivity index (χ3n) is 2.38. The summed E-state index contributed by atoms with van der Waals surface area (Å²) in [4.78, 5) is 15.5. The summed E-state index contributed by atoms with van der Waals surface area (Å²) in [5, 5.41) is 2.54. The Morgan fingerprint density at radius 3 is 2.95 bits per heavy atom. The van der Waals surface area contributed by atoms with Gasteiger partial charge in [0.05, 0.1) is 18.9 Å². The number of carbonyl (C=O) groups excluding carboxylic acids is 1. The fraction of sp³-hybridized carbons (Fsp3) is 0.0769. The molecule has 1 heterocycles. The Hall–Kier alpha value is -2.14. The molecule has 1 N–H and O–H groups in total. The van der Waals surface area contributed by atoms with Gasteiger partial charge in [0.2, 0.25) is 0 Å². The Morgan fingerprint density at radius 2 is 2.21 bits per heavy atom. The van der Waals surface area contributed by atoms with Crippen LogP contribution in [0.25, 0.3) is 0 Å². The minimum atomic E-state index is -0.625. The Morgan fingerprint density at radius 1 is 1.42 bits per heavy atom. The lowest BCUT2D eigenvalue weighted by Gasteiger charge is -2.07. The van der Waals surface area contributed by atoms with Crippen molar-refractivity contribution >= 4 is 23.2 Å². The van der Waals surface area contributed by atoms with E-state index in [0.717, 1.165) is 12.3 Å². The predicted octanol–water partition coefficient (Wildman–Crippen LogP) is 3.14. The number of halogens is 2. The topological polar surface area (TPSA) is 51.2 Å². The van der Waals surface area contributed by atoms with Gasteiger partial charge in [-0.25, -0.2) is 9.37 Å². The third-order valence-corrected chi connectivity index (χ3v) is 2.68.